The summed E-state index contributed by atoms with van der Waals surface area (Å²) in [6.07, 6.45) is 5.66. The minimum Gasteiger partial charge on any atom is -0.173 e. The highest BCUT2D eigenvalue weighted by molar-refractivity contribution is 7.96. The van der Waals surface area contributed by atoms with Crippen molar-refractivity contribution in [2.75, 3.05) is 12.0 Å². The van der Waals surface area contributed by atoms with Gasteiger partial charge < -0.3 is 0 Å². The quantitative estimate of drug-likeness (QED) is 0.556. The van der Waals surface area contributed by atoms with E-state index in [1.165, 1.54) is 0 Å². The van der Waals surface area contributed by atoms with Crippen LogP contribution in [-0.2, 0) is 10.9 Å². The lowest BCUT2D eigenvalue weighted by Gasteiger charge is -2.08. The maximum Gasteiger partial charge on any atom is 0.278 e. The van der Waals surface area contributed by atoms with E-state index in [1.54, 1.807) is 24.3 Å². The predicted octanol–water partition coefficient (Wildman–Crippen LogP) is 4.89. The molecule has 0 fully saturated rings. The lowest BCUT2D eigenvalue weighted by molar-refractivity contribution is 0.425. The highest BCUT2D eigenvalue weighted by Gasteiger charge is 2.22. The molecule has 0 amide bonds. The van der Waals surface area contributed by atoms with Gasteiger partial charge in [-0.1, -0.05) is 35.7 Å². The van der Waals surface area contributed by atoms with Crippen LogP contribution < -0.4 is 0 Å². The Morgan fingerprint density at radius 1 is 1.05 bits per heavy atom. The van der Waals surface area contributed by atoms with Crippen LogP contribution in [0.25, 0.3) is 5.57 Å². The molecule has 0 aromatic heterocycles. The van der Waals surface area contributed by atoms with Gasteiger partial charge in [-0.25, -0.2) is 0 Å². The fraction of sp³-hybridized carbons (Fsp3) is 0.158. The molecule has 0 heterocycles. The first-order valence-electron chi connectivity index (χ1n) is 6.81. The average Bonchev–Trinajstić information content (AvgIpc) is 2.53. The van der Waals surface area contributed by atoms with Crippen LogP contribution >= 0.6 is 0 Å². The van der Waals surface area contributed by atoms with Crippen molar-refractivity contribution in [2.45, 2.75) is 11.8 Å². The molecule has 0 spiro atoms. The largest absolute Gasteiger partial charge is 0.278 e. The molecule has 0 saturated carbocycles. The van der Waals surface area contributed by atoms with Crippen LogP contribution in [0.2, 0.25) is 0 Å². The van der Waals surface area contributed by atoms with Crippen molar-refractivity contribution >= 4 is 16.5 Å². The topological polar surface area (TPSA) is 0 Å². The molecule has 2 aromatic rings. The molecule has 0 aliphatic carbocycles. The zero-order chi connectivity index (χ0) is 16.1. The summed E-state index contributed by atoms with van der Waals surface area (Å²) in [6, 6.07) is 14.7. The fourth-order valence-corrected chi connectivity index (χ4v) is 3.56. The second-order valence-corrected chi connectivity index (χ2v) is 7.09. The summed E-state index contributed by atoms with van der Waals surface area (Å²) in [6.45, 7) is 2.01. The van der Waals surface area contributed by atoms with Gasteiger partial charge in [0, 0.05) is 16.5 Å². The van der Waals surface area contributed by atoms with Gasteiger partial charge in [0.1, 0.15) is 12.0 Å². The summed E-state index contributed by atoms with van der Waals surface area (Å²) < 4.78 is 26.7. The number of benzene rings is 2. The smallest absolute Gasteiger partial charge is 0.173 e. The molecule has 0 radical (unpaired) electrons. The van der Waals surface area contributed by atoms with Crippen LogP contribution in [0.3, 0.4) is 0 Å². The Hall–Kier alpha value is -2.05. The van der Waals surface area contributed by atoms with Crippen molar-refractivity contribution in [3.8, 4) is 12.3 Å². The summed E-state index contributed by atoms with van der Waals surface area (Å²) in [5, 5.41) is 0. The number of halogens is 2. The van der Waals surface area contributed by atoms with Gasteiger partial charge >= 0.3 is 0 Å². The molecule has 0 nitrogen and oxygen atoms in total. The molecule has 112 valence electrons. The Kier molecular flexibility index (Phi) is 5.41. The molecule has 0 aliphatic rings. The van der Waals surface area contributed by atoms with E-state index in [0.717, 1.165) is 10.5 Å². The monoisotopic (exact) mass is 315 g/mol. The van der Waals surface area contributed by atoms with Crippen molar-refractivity contribution < 1.29 is 8.78 Å². The molecule has 22 heavy (non-hydrogen) atoms. The number of aryl methyl sites for hydroxylation is 1. The van der Waals surface area contributed by atoms with Crippen molar-refractivity contribution in [1.82, 2.24) is 0 Å². The third-order valence-corrected chi connectivity index (χ3v) is 5.21. The summed E-state index contributed by atoms with van der Waals surface area (Å²) >= 11 is 0. The van der Waals surface area contributed by atoms with Gasteiger partial charge in [0.15, 0.2) is 4.90 Å². The second kappa shape index (κ2) is 7.29. The molecule has 0 N–H and O–H groups in total. The maximum atomic E-state index is 13.4. The second-order valence-electron chi connectivity index (χ2n) is 5.06. The van der Waals surface area contributed by atoms with E-state index >= 15 is 0 Å². The van der Waals surface area contributed by atoms with E-state index in [2.05, 4.69) is 5.92 Å². The molecule has 1 unspecified atom stereocenters. The van der Waals surface area contributed by atoms with E-state index in [4.69, 9.17) is 6.42 Å². The van der Waals surface area contributed by atoms with Crippen LogP contribution in [0.1, 0.15) is 16.7 Å². The summed E-state index contributed by atoms with van der Waals surface area (Å²) in [7, 11) is -0.278. The van der Waals surface area contributed by atoms with Crippen LogP contribution in [0.5, 0.6) is 0 Å². The van der Waals surface area contributed by atoms with Gasteiger partial charge in [-0.15, -0.1) is 6.42 Å². The molecule has 2 rings (SSSR count). The minimum atomic E-state index is -1.63. The van der Waals surface area contributed by atoms with Gasteiger partial charge in [-0.3, -0.25) is 0 Å². The number of terminal acetylenes is 1. The van der Waals surface area contributed by atoms with E-state index in [1.807, 2.05) is 37.4 Å². The first kappa shape index (κ1) is 16.3. The Labute approximate surface area is 133 Å². The Morgan fingerprint density at radius 2 is 1.64 bits per heavy atom. The molecule has 0 aliphatic heterocycles. The highest BCUT2D eigenvalue weighted by Crippen LogP contribution is 2.26. The maximum absolute atomic E-state index is 13.4. The fourth-order valence-electron chi connectivity index (χ4n) is 2.09. The first-order valence-corrected chi connectivity index (χ1v) is 8.62. The zero-order valence-electron chi connectivity index (χ0n) is 12.6. The number of rotatable bonds is 4. The zero-order valence-corrected chi connectivity index (χ0v) is 13.4. The van der Waals surface area contributed by atoms with Gasteiger partial charge in [-0.2, -0.15) is 8.78 Å². The SMILES string of the molecule is C#Cc1ccc(C(C[S+](C)c2ccc(C)cc2)=C(F)F)cc1. The van der Waals surface area contributed by atoms with Gasteiger partial charge in [-0.05, 0) is 36.8 Å². The van der Waals surface area contributed by atoms with Crippen LogP contribution in [0.4, 0.5) is 8.78 Å². The average molecular weight is 315 g/mol. The lowest BCUT2D eigenvalue weighted by Crippen LogP contribution is -2.08. The Morgan fingerprint density at radius 3 is 2.14 bits per heavy atom. The Bertz CT molecular complexity index is 703. The highest BCUT2D eigenvalue weighted by atomic mass is 32.2. The summed E-state index contributed by atoms with van der Waals surface area (Å²) in [5.74, 6) is 2.81. The third kappa shape index (κ3) is 3.99. The van der Waals surface area contributed by atoms with E-state index in [9.17, 15) is 8.78 Å². The summed E-state index contributed by atoms with van der Waals surface area (Å²) in [4.78, 5) is 1.09. The third-order valence-electron chi connectivity index (χ3n) is 3.41. The first-order chi connectivity index (χ1) is 10.5. The lowest BCUT2D eigenvalue weighted by atomic mass is 10.1. The summed E-state index contributed by atoms with van der Waals surface area (Å²) in [5.41, 5.74) is 2.48. The molecule has 0 bridgehead atoms. The Balaban J connectivity index is 2.24. The van der Waals surface area contributed by atoms with Crippen molar-refractivity contribution in [2.24, 2.45) is 0 Å². The van der Waals surface area contributed by atoms with Crippen LogP contribution in [-0.4, -0.2) is 12.0 Å². The molecular formula is C19H17F2S+. The molecule has 2 aromatic carbocycles. The van der Waals surface area contributed by atoms with Gasteiger partial charge in [0.05, 0.1) is 5.57 Å². The van der Waals surface area contributed by atoms with E-state index in [0.29, 0.717) is 16.9 Å². The number of hydrogen-bond acceptors (Lipinski definition) is 0. The van der Waals surface area contributed by atoms with Crippen molar-refractivity contribution in [1.29, 1.82) is 0 Å². The normalized spacial score (nSPS) is 11.6. The minimum absolute atomic E-state index is 0.0926. The standard InChI is InChI=1S/C19H17F2S/c1-4-15-7-9-16(10-8-15)18(19(20)21)13-22(3)17-11-5-14(2)6-12-17/h1,5-12H,13H2,2-3H3/q+1. The molecule has 1 atom stereocenters. The van der Waals surface area contributed by atoms with E-state index in [-0.39, 0.29) is 16.5 Å². The predicted molar refractivity (Wildman–Crippen MR) is 91.1 cm³/mol. The van der Waals surface area contributed by atoms with Crippen LogP contribution in [0, 0.1) is 19.3 Å². The van der Waals surface area contributed by atoms with Crippen molar-refractivity contribution in [3.05, 3.63) is 71.3 Å². The molecule has 3 heteroatoms. The number of hydrogen-bond donors (Lipinski definition) is 0. The van der Waals surface area contributed by atoms with Crippen molar-refractivity contribution in [3.63, 3.8) is 0 Å². The van der Waals surface area contributed by atoms with E-state index < -0.39 is 6.08 Å². The van der Waals surface area contributed by atoms with Gasteiger partial charge in [0.25, 0.3) is 6.08 Å². The molecular weight excluding hydrogens is 298 g/mol. The van der Waals surface area contributed by atoms with Gasteiger partial charge in [0.2, 0.25) is 0 Å². The van der Waals surface area contributed by atoms with Crippen LogP contribution in [0.15, 0.2) is 59.5 Å². The molecule has 0 saturated heterocycles.